The van der Waals surface area contributed by atoms with E-state index < -0.39 is 5.60 Å². The third-order valence-corrected chi connectivity index (χ3v) is 2.42. The number of hydrogen-bond acceptors (Lipinski definition) is 3. The highest BCUT2D eigenvalue weighted by atomic mass is 16.6. The van der Waals surface area contributed by atoms with E-state index in [1.807, 2.05) is 42.5 Å². The van der Waals surface area contributed by atoms with Crippen LogP contribution in [0.4, 0.5) is 0 Å². The molecule has 3 heteroatoms. The summed E-state index contributed by atoms with van der Waals surface area (Å²) in [5, 5.41) is 0. The van der Waals surface area contributed by atoms with Crippen molar-refractivity contribution in [3.05, 3.63) is 42.0 Å². The Hall–Kier alpha value is -1.61. The molecule has 0 spiro atoms. The van der Waals surface area contributed by atoms with Gasteiger partial charge in [0.1, 0.15) is 0 Å². The van der Waals surface area contributed by atoms with Crippen LogP contribution < -0.4 is 0 Å². The van der Waals surface area contributed by atoms with Gasteiger partial charge in [0.25, 0.3) is 0 Å². The van der Waals surface area contributed by atoms with Gasteiger partial charge in [-0.3, -0.25) is 4.79 Å². The van der Waals surface area contributed by atoms with Gasteiger partial charge in [-0.15, -0.1) is 0 Å². The largest absolute Gasteiger partial charge is 0.450 e. The highest BCUT2D eigenvalue weighted by Crippen LogP contribution is 2.24. The number of esters is 1. The SMILES string of the molecule is CC(=O)OC1(/C=C/c2ccccc2)COC1. The zero-order valence-electron chi connectivity index (χ0n) is 9.18. The van der Waals surface area contributed by atoms with Crippen molar-refractivity contribution in [2.45, 2.75) is 12.5 Å². The third kappa shape index (κ3) is 2.49. The molecule has 84 valence electrons. The Kier molecular flexibility index (Phi) is 3.06. The lowest BCUT2D eigenvalue weighted by Crippen LogP contribution is -2.51. The molecule has 2 rings (SSSR count). The maximum absolute atomic E-state index is 11.0. The first-order valence-corrected chi connectivity index (χ1v) is 5.22. The van der Waals surface area contributed by atoms with Crippen molar-refractivity contribution in [2.24, 2.45) is 0 Å². The molecule has 1 aromatic carbocycles. The van der Waals surface area contributed by atoms with Gasteiger partial charge in [0.2, 0.25) is 0 Å². The highest BCUT2D eigenvalue weighted by molar-refractivity contribution is 5.67. The number of carbonyl (C=O) groups excluding carboxylic acids is 1. The zero-order chi connectivity index (χ0) is 11.4. The maximum atomic E-state index is 11.0. The van der Waals surface area contributed by atoms with Crippen molar-refractivity contribution in [1.82, 2.24) is 0 Å². The smallest absolute Gasteiger partial charge is 0.303 e. The van der Waals surface area contributed by atoms with E-state index in [2.05, 4.69) is 0 Å². The van der Waals surface area contributed by atoms with Crippen LogP contribution >= 0.6 is 0 Å². The molecule has 0 aromatic heterocycles. The van der Waals surface area contributed by atoms with Crippen LogP contribution in [0.2, 0.25) is 0 Å². The van der Waals surface area contributed by atoms with Crippen LogP contribution in [0.15, 0.2) is 36.4 Å². The van der Waals surface area contributed by atoms with E-state index in [4.69, 9.17) is 9.47 Å². The van der Waals surface area contributed by atoms with Crippen LogP contribution in [0.1, 0.15) is 12.5 Å². The lowest BCUT2D eigenvalue weighted by atomic mass is 10.00. The second-order valence-electron chi connectivity index (χ2n) is 3.90. The van der Waals surface area contributed by atoms with Gasteiger partial charge in [-0.05, 0) is 11.6 Å². The molecular weight excluding hydrogens is 204 g/mol. The first-order chi connectivity index (χ1) is 7.70. The normalized spacial score (nSPS) is 18.1. The van der Waals surface area contributed by atoms with Crippen LogP contribution in [0, 0.1) is 0 Å². The molecule has 3 nitrogen and oxygen atoms in total. The van der Waals surface area contributed by atoms with Gasteiger partial charge in [-0.25, -0.2) is 0 Å². The number of ether oxygens (including phenoxy) is 2. The lowest BCUT2D eigenvalue weighted by Gasteiger charge is -2.37. The van der Waals surface area contributed by atoms with E-state index in [0.717, 1.165) is 5.56 Å². The summed E-state index contributed by atoms with van der Waals surface area (Å²) in [4.78, 5) is 11.0. The first-order valence-electron chi connectivity index (χ1n) is 5.22. The molecule has 1 aliphatic rings. The number of carbonyl (C=O) groups is 1. The van der Waals surface area contributed by atoms with Crippen molar-refractivity contribution >= 4 is 12.0 Å². The van der Waals surface area contributed by atoms with Crippen LogP contribution in [0.3, 0.4) is 0 Å². The molecule has 1 heterocycles. The standard InChI is InChI=1S/C13H14O3/c1-11(14)16-13(9-15-10-13)8-7-12-5-3-2-4-6-12/h2-8H,9-10H2,1H3/b8-7+. The molecule has 0 saturated carbocycles. The van der Waals surface area contributed by atoms with E-state index in [1.165, 1.54) is 6.92 Å². The first kappa shape index (κ1) is 10.9. The Morgan fingerprint density at radius 2 is 2.06 bits per heavy atom. The molecule has 1 fully saturated rings. The molecule has 0 aliphatic carbocycles. The second kappa shape index (κ2) is 4.49. The van der Waals surface area contributed by atoms with E-state index >= 15 is 0 Å². The Morgan fingerprint density at radius 1 is 1.38 bits per heavy atom. The van der Waals surface area contributed by atoms with Gasteiger partial charge >= 0.3 is 5.97 Å². The van der Waals surface area contributed by atoms with Gasteiger partial charge in [0.05, 0.1) is 13.2 Å². The molecule has 0 N–H and O–H groups in total. The molecule has 1 aromatic rings. The highest BCUT2D eigenvalue weighted by Gasteiger charge is 2.39. The Labute approximate surface area is 94.7 Å². The summed E-state index contributed by atoms with van der Waals surface area (Å²) < 4.78 is 10.3. The fraction of sp³-hybridized carbons (Fsp3) is 0.308. The van der Waals surface area contributed by atoms with Crippen molar-refractivity contribution < 1.29 is 14.3 Å². The zero-order valence-corrected chi connectivity index (χ0v) is 9.18. The van der Waals surface area contributed by atoms with Crippen molar-refractivity contribution in [3.63, 3.8) is 0 Å². The van der Waals surface area contributed by atoms with Gasteiger partial charge < -0.3 is 9.47 Å². The quantitative estimate of drug-likeness (QED) is 0.728. The Morgan fingerprint density at radius 3 is 2.56 bits per heavy atom. The van der Waals surface area contributed by atoms with Crippen LogP contribution in [0.25, 0.3) is 6.08 Å². The van der Waals surface area contributed by atoms with Gasteiger partial charge in [-0.1, -0.05) is 36.4 Å². The van der Waals surface area contributed by atoms with Crippen molar-refractivity contribution in [2.75, 3.05) is 13.2 Å². The van der Waals surface area contributed by atoms with E-state index in [1.54, 1.807) is 0 Å². The van der Waals surface area contributed by atoms with Gasteiger partial charge in [-0.2, -0.15) is 0 Å². The van der Waals surface area contributed by atoms with Gasteiger partial charge in [0, 0.05) is 6.92 Å². The summed E-state index contributed by atoms with van der Waals surface area (Å²) in [6, 6.07) is 9.89. The average molecular weight is 218 g/mol. The number of rotatable bonds is 3. The summed E-state index contributed by atoms with van der Waals surface area (Å²) in [6.07, 6.45) is 3.85. The minimum atomic E-state index is -0.554. The lowest BCUT2D eigenvalue weighted by molar-refractivity contribution is -0.193. The van der Waals surface area contributed by atoms with Crippen molar-refractivity contribution in [1.29, 1.82) is 0 Å². The molecule has 0 radical (unpaired) electrons. The second-order valence-corrected chi connectivity index (χ2v) is 3.90. The molecule has 0 amide bonds. The molecule has 16 heavy (non-hydrogen) atoms. The summed E-state index contributed by atoms with van der Waals surface area (Å²) in [7, 11) is 0. The topological polar surface area (TPSA) is 35.5 Å². The summed E-state index contributed by atoms with van der Waals surface area (Å²) >= 11 is 0. The monoisotopic (exact) mass is 218 g/mol. The Bertz CT molecular complexity index is 391. The molecule has 0 bridgehead atoms. The Balaban J connectivity index is 2.07. The predicted octanol–water partition coefficient (Wildman–Crippen LogP) is 2.03. The van der Waals surface area contributed by atoms with Crippen LogP contribution in [-0.4, -0.2) is 24.8 Å². The molecule has 1 aliphatic heterocycles. The molecule has 0 atom stereocenters. The minimum absolute atomic E-state index is 0.277. The number of benzene rings is 1. The van der Waals surface area contributed by atoms with E-state index in [9.17, 15) is 4.79 Å². The summed E-state index contributed by atoms with van der Waals surface area (Å²) in [6.45, 7) is 2.29. The molecule has 1 saturated heterocycles. The minimum Gasteiger partial charge on any atom is -0.450 e. The average Bonchev–Trinajstić information content (AvgIpc) is 2.23. The fourth-order valence-electron chi connectivity index (χ4n) is 1.59. The maximum Gasteiger partial charge on any atom is 0.303 e. The van der Waals surface area contributed by atoms with Crippen LogP contribution in [0.5, 0.6) is 0 Å². The summed E-state index contributed by atoms with van der Waals surface area (Å²) in [5.74, 6) is -0.277. The number of hydrogen-bond donors (Lipinski definition) is 0. The van der Waals surface area contributed by atoms with E-state index in [-0.39, 0.29) is 5.97 Å². The summed E-state index contributed by atoms with van der Waals surface area (Å²) in [5.41, 5.74) is 0.530. The molecular formula is C13H14O3. The third-order valence-electron chi connectivity index (χ3n) is 2.42. The fourth-order valence-corrected chi connectivity index (χ4v) is 1.59. The molecule has 0 unspecified atom stereocenters. The predicted molar refractivity (Wildman–Crippen MR) is 60.8 cm³/mol. The van der Waals surface area contributed by atoms with Gasteiger partial charge in [0.15, 0.2) is 5.60 Å². The van der Waals surface area contributed by atoms with Crippen LogP contribution in [-0.2, 0) is 14.3 Å². The van der Waals surface area contributed by atoms with E-state index in [0.29, 0.717) is 13.2 Å². The van der Waals surface area contributed by atoms with Crippen molar-refractivity contribution in [3.8, 4) is 0 Å².